The first kappa shape index (κ1) is 19.0. The Kier molecular flexibility index (Phi) is 5.84. The fourth-order valence-electron chi connectivity index (χ4n) is 3.39. The second-order valence-electron chi connectivity index (χ2n) is 7.15. The van der Waals surface area contributed by atoms with E-state index in [1.165, 1.54) is 0 Å². The monoisotopic (exact) mass is 369 g/mol. The molecule has 1 saturated heterocycles. The van der Waals surface area contributed by atoms with Crippen LogP contribution in [-0.2, 0) is 16.0 Å². The van der Waals surface area contributed by atoms with E-state index in [1.807, 2.05) is 56.0 Å². The molecule has 0 spiro atoms. The normalized spacial score (nSPS) is 14.3. The van der Waals surface area contributed by atoms with Gasteiger partial charge in [0.05, 0.1) is 6.42 Å². The third kappa shape index (κ3) is 4.90. The summed E-state index contributed by atoms with van der Waals surface area (Å²) in [6.45, 7) is 8.22. The topological polar surface area (TPSA) is 65.6 Å². The van der Waals surface area contributed by atoms with Gasteiger partial charge in [0.25, 0.3) is 5.91 Å². The van der Waals surface area contributed by atoms with E-state index in [-0.39, 0.29) is 18.4 Å². The Balaban J connectivity index is 1.45. The first-order chi connectivity index (χ1) is 12.9. The molecule has 6 heteroatoms. The number of aromatic nitrogens is 1. The minimum atomic E-state index is -0.0410. The summed E-state index contributed by atoms with van der Waals surface area (Å²) < 4.78 is 5.60. The fourth-order valence-corrected chi connectivity index (χ4v) is 3.39. The fraction of sp³-hybridized carbons (Fsp3) is 0.429. The summed E-state index contributed by atoms with van der Waals surface area (Å²) in [7, 11) is 0. The number of carbonyl (C=O) groups excluding carboxylic acids is 2. The molecule has 2 aromatic rings. The zero-order valence-electron chi connectivity index (χ0n) is 16.2. The largest absolute Gasteiger partial charge is 0.484 e. The van der Waals surface area contributed by atoms with Gasteiger partial charge < -0.3 is 19.5 Å². The molecule has 1 aliphatic heterocycles. The zero-order valence-corrected chi connectivity index (χ0v) is 16.2. The van der Waals surface area contributed by atoms with Crippen LogP contribution in [0.3, 0.4) is 0 Å². The van der Waals surface area contributed by atoms with Crippen molar-refractivity contribution in [2.24, 2.45) is 0 Å². The third-order valence-electron chi connectivity index (χ3n) is 4.94. The van der Waals surface area contributed by atoms with Crippen LogP contribution in [0, 0.1) is 20.8 Å². The number of nitrogens with one attached hydrogen (secondary N) is 1. The molecule has 6 nitrogen and oxygen atoms in total. The lowest BCUT2D eigenvalue weighted by Gasteiger charge is -2.34. The van der Waals surface area contributed by atoms with Crippen molar-refractivity contribution in [1.29, 1.82) is 0 Å². The van der Waals surface area contributed by atoms with Crippen LogP contribution in [0.15, 0.2) is 30.3 Å². The van der Waals surface area contributed by atoms with Crippen LogP contribution in [-0.4, -0.2) is 59.4 Å². The van der Waals surface area contributed by atoms with Gasteiger partial charge in [-0.05, 0) is 50.1 Å². The summed E-state index contributed by atoms with van der Waals surface area (Å²) in [5.41, 5.74) is 4.25. The molecule has 2 amide bonds. The molecular weight excluding hydrogens is 342 g/mol. The summed E-state index contributed by atoms with van der Waals surface area (Å²) in [6.07, 6.45) is 0.403. The molecule has 144 valence electrons. The van der Waals surface area contributed by atoms with Crippen LogP contribution in [0.25, 0.3) is 0 Å². The Bertz CT molecular complexity index is 820. The van der Waals surface area contributed by atoms with Gasteiger partial charge in [0.1, 0.15) is 5.75 Å². The lowest BCUT2D eigenvalue weighted by molar-refractivity contribution is -0.140. The highest BCUT2D eigenvalue weighted by Crippen LogP contribution is 2.14. The number of aryl methyl sites for hydroxylation is 3. The standard InChI is InChI=1S/C21H27N3O3/c1-15-5-4-6-19(11-15)27-14-21(26)24-9-7-23(8-10-24)20(25)13-18-12-16(2)22-17(18)3/h4-6,11-12,22H,7-10,13-14H2,1-3H3. The number of H-pyrrole nitrogens is 1. The molecule has 0 saturated carbocycles. The minimum absolute atomic E-state index is 0.0270. The van der Waals surface area contributed by atoms with Crippen molar-refractivity contribution >= 4 is 11.8 Å². The van der Waals surface area contributed by atoms with E-state index in [0.29, 0.717) is 38.3 Å². The van der Waals surface area contributed by atoms with Gasteiger partial charge in [-0.3, -0.25) is 9.59 Å². The summed E-state index contributed by atoms with van der Waals surface area (Å²) in [5.74, 6) is 0.773. The predicted octanol–water partition coefficient (Wildman–Crippen LogP) is 2.23. The van der Waals surface area contributed by atoms with Gasteiger partial charge >= 0.3 is 0 Å². The number of carbonyl (C=O) groups is 2. The maximum Gasteiger partial charge on any atom is 0.260 e. The van der Waals surface area contributed by atoms with Crippen LogP contribution >= 0.6 is 0 Å². The number of aromatic amines is 1. The van der Waals surface area contributed by atoms with E-state index in [0.717, 1.165) is 22.5 Å². The van der Waals surface area contributed by atoms with E-state index in [4.69, 9.17) is 4.74 Å². The van der Waals surface area contributed by atoms with Crippen molar-refractivity contribution in [3.63, 3.8) is 0 Å². The SMILES string of the molecule is Cc1cccc(OCC(=O)N2CCN(C(=O)Cc3cc(C)[nH]c3C)CC2)c1. The number of hydrogen-bond acceptors (Lipinski definition) is 3. The molecule has 1 aliphatic rings. The summed E-state index contributed by atoms with van der Waals surface area (Å²) >= 11 is 0. The van der Waals surface area contributed by atoms with Gasteiger partial charge in [0.2, 0.25) is 5.91 Å². The molecule has 1 aromatic carbocycles. The molecule has 0 unspecified atom stereocenters. The molecule has 0 radical (unpaired) electrons. The second-order valence-corrected chi connectivity index (χ2v) is 7.15. The smallest absolute Gasteiger partial charge is 0.260 e. The summed E-state index contributed by atoms with van der Waals surface area (Å²) in [5, 5.41) is 0. The molecule has 0 aliphatic carbocycles. The Morgan fingerprint density at radius 3 is 2.26 bits per heavy atom. The zero-order chi connectivity index (χ0) is 19.4. The number of rotatable bonds is 5. The molecule has 2 heterocycles. The van der Waals surface area contributed by atoms with Gasteiger partial charge in [-0.25, -0.2) is 0 Å². The number of benzene rings is 1. The Morgan fingerprint density at radius 2 is 1.67 bits per heavy atom. The highest BCUT2D eigenvalue weighted by molar-refractivity contribution is 5.80. The van der Waals surface area contributed by atoms with Crippen LogP contribution in [0.5, 0.6) is 5.75 Å². The van der Waals surface area contributed by atoms with Gasteiger partial charge in [0, 0.05) is 37.6 Å². The van der Waals surface area contributed by atoms with Gasteiger partial charge in [-0.15, -0.1) is 0 Å². The van der Waals surface area contributed by atoms with Gasteiger partial charge in [0.15, 0.2) is 6.61 Å². The highest BCUT2D eigenvalue weighted by atomic mass is 16.5. The number of nitrogens with zero attached hydrogens (tertiary/aromatic N) is 2. The van der Waals surface area contributed by atoms with Crippen molar-refractivity contribution in [1.82, 2.24) is 14.8 Å². The highest BCUT2D eigenvalue weighted by Gasteiger charge is 2.24. The molecule has 0 bridgehead atoms. The van der Waals surface area contributed by atoms with Crippen molar-refractivity contribution < 1.29 is 14.3 Å². The minimum Gasteiger partial charge on any atom is -0.484 e. The lowest BCUT2D eigenvalue weighted by atomic mass is 10.1. The molecule has 1 N–H and O–H groups in total. The Labute approximate surface area is 160 Å². The molecule has 27 heavy (non-hydrogen) atoms. The van der Waals surface area contributed by atoms with E-state index >= 15 is 0 Å². The van der Waals surface area contributed by atoms with Crippen molar-refractivity contribution in [2.45, 2.75) is 27.2 Å². The van der Waals surface area contributed by atoms with Crippen LogP contribution in [0.2, 0.25) is 0 Å². The molecular formula is C21H27N3O3. The molecule has 3 rings (SSSR count). The quantitative estimate of drug-likeness (QED) is 0.879. The average Bonchev–Trinajstić information content (AvgIpc) is 2.97. The Hall–Kier alpha value is -2.76. The number of amides is 2. The predicted molar refractivity (Wildman–Crippen MR) is 104 cm³/mol. The maximum atomic E-state index is 12.5. The van der Waals surface area contributed by atoms with Crippen LogP contribution in [0.4, 0.5) is 0 Å². The van der Waals surface area contributed by atoms with E-state index in [1.54, 1.807) is 4.90 Å². The first-order valence-electron chi connectivity index (χ1n) is 9.32. The molecule has 1 aromatic heterocycles. The van der Waals surface area contributed by atoms with E-state index < -0.39 is 0 Å². The molecule has 0 atom stereocenters. The number of hydrogen-bond donors (Lipinski definition) is 1. The van der Waals surface area contributed by atoms with Crippen LogP contribution in [0.1, 0.15) is 22.5 Å². The first-order valence-corrected chi connectivity index (χ1v) is 9.32. The van der Waals surface area contributed by atoms with Crippen molar-refractivity contribution in [3.8, 4) is 5.75 Å². The van der Waals surface area contributed by atoms with Gasteiger partial charge in [-0.1, -0.05) is 12.1 Å². The van der Waals surface area contributed by atoms with Crippen LogP contribution < -0.4 is 4.74 Å². The lowest BCUT2D eigenvalue weighted by Crippen LogP contribution is -2.52. The Morgan fingerprint density at radius 1 is 1.00 bits per heavy atom. The maximum absolute atomic E-state index is 12.5. The van der Waals surface area contributed by atoms with Crippen molar-refractivity contribution in [3.05, 3.63) is 52.8 Å². The van der Waals surface area contributed by atoms with E-state index in [2.05, 4.69) is 4.98 Å². The molecule has 1 fully saturated rings. The van der Waals surface area contributed by atoms with Crippen molar-refractivity contribution in [2.75, 3.05) is 32.8 Å². The average molecular weight is 369 g/mol. The summed E-state index contributed by atoms with van der Waals surface area (Å²) in [4.78, 5) is 31.7. The number of piperazine rings is 1. The van der Waals surface area contributed by atoms with E-state index in [9.17, 15) is 9.59 Å². The second kappa shape index (κ2) is 8.29. The van der Waals surface area contributed by atoms with Gasteiger partial charge in [-0.2, -0.15) is 0 Å². The summed E-state index contributed by atoms with van der Waals surface area (Å²) in [6, 6.07) is 9.68. The number of ether oxygens (including phenoxy) is 1. The third-order valence-corrected chi connectivity index (χ3v) is 4.94.